The van der Waals surface area contributed by atoms with E-state index in [-0.39, 0.29) is 12.2 Å². The fourth-order valence-electron chi connectivity index (χ4n) is 2.54. The molecular weight excluding hydrogens is 230 g/mol. The first-order chi connectivity index (χ1) is 8.67. The first-order valence-corrected chi connectivity index (χ1v) is 5.72. The molecule has 18 heavy (non-hydrogen) atoms. The monoisotopic (exact) mass is 243 g/mol. The molecule has 0 fully saturated rings. The molecule has 3 aromatic rings. The first kappa shape index (κ1) is 11.0. The number of aromatic nitrogens is 1. The molecule has 0 spiro atoms. The highest BCUT2D eigenvalue weighted by atomic mass is 16.5. The molecule has 2 heterocycles. The van der Waals surface area contributed by atoms with Crippen molar-refractivity contribution in [3.8, 4) is 5.75 Å². The van der Waals surface area contributed by atoms with Gasteiger partial charge in [-0.05, 0) is 30.7 Å². The molecule has 1 N–H and O–H groups in total. The molecule has 1 aromatic carbocycles. The fraction of sp³-hybridized carbons (Fsp3) is 0.214. The van der Waals surface area contributed by atoms with Crippen LogP contribution in [0.5, 0.6) is 5.75 Å². The molecule has 0 aliphatic heterocycles. The Kier molecular flexibility index (Phi) is 2.28. The van der Waals surface area contributed by atoms with E-state index in [1.807, 2.05) is 25.1 Å². The number of aliphatic hydroxyl groups excluding tert-OH is 1. The lowest BCUT2D eigenvalue weighted by atomic mass is 10.1. The van der Waals surface area contributed by atoms with Crippen LogP contribution in [-0.4, -0.2) is 16.6 Å². The summed E-state index contributed by atoms with van der Waals surface area (Å²) in [5.74, 6) is 0.713. The normalized spacial score (nSPS) is 11.5. The van der Waals surface area contributed by atoms with Crippen LogP contribution in [0.15, 0.2) is 29.1 Å². The van der Waals surface area contributed by atoms with Crippen molar-refractivity contribution in [2.75, 3.05) is 7.11 Å². The maximum absolute atomic E-state index is 12.1. The van der Waals surface area contributed by atoms with E-state index in [1.165, 1.54) is 0 Å². The van der Waals surface area contributed by atoms with E-state index in [1.54, 1.807) is 17.6 Å². The highest BCUT2D eigenvalue weighted by molar-refractivity contribution is 6.01. The third kappa shape index (κ3) is 1.26. The van der Waals surface area contributed by atoms with Crippen LogP contribution in [0, 0.1) is 6.92 Å². The second-order valence-corrected chi connectivity index (χ2v) is 4.37. The maximum Gasteiger partial charge on any atom is 0.255 e. The first-order valence-electron chi connectivity index (χ1n) is 5.72. The fourth-order valence-corrected chi connectivity index (χ4v) is 2.54. The summed E-state index contributed by atoms with van der Waals surface area (Å²) in [6, 6.07) is 7.23. The summed E-state index contributed by atoms with van der Waals surface area (Å²) in [6.07, 6.45) is 0. The lowest BCUT2D eigenvalue weighted by Gasteiger charge is -2.07. The molecule has 4 nitrogen and oxygen atoms in total. The molecule has 0 aliphatic carbocycles. The van der Waals surface area contributed by atoms with Gasteiger partial charge >= 0.3 is 0 Å². The SMILES string of the molecule is COc1ccc2c(C)cc(=O)n3c(CO)cc1c23. The highest BCUT2D eigenvalue weighted by Gasteiger charge is 2.15. The van der Waals surface area contributed by atoms with Crippen LogP contribution in [-0.2, 0) is 6.61 Å². The Morgan fingerprint density at radius 1 is 1.28 bits per heavy atom. The molecule has 0 atom stereocenters. The van der Waals surface area contributed by atoms with Crippen molar-refractivity contribution < 1.29 is 9.84 Å². The zero-order valence-corrected chi connectivity index (χ0v) is 10.2. The number of nitrogens with zero attached hydrogens (tertiary/aromatic N) is 1. The van der Waals surface area contributed by atoms with Crippen molar-refractivity contribution in [1.82, 2.24) is 4.40 Å². The number of rotatable bonds is 2. The van der Waals surface area contributed by atoms with Gasteiger partial charge in [0.05, 0.1) is 24.9 Å². The third-order valence-corrected chi connectivity index (χ3v) is 3.37. The van der Waals surface area contributed by atoms with Crippen molar-refractivity contribution in [3.63, 3.8) is 0 Å². The van der Waals surface area contributed by atoms with Crippen LogP contribution >= 0.6 is 0 Å². The van der Waals surface area contributed by atoms with Gasteiger partial charge in [0.25, 0.3) is 5.56 Å². The van der Waals surface area contributed by atoms with Gasteiger partial charge in [-0.2, -0.15) is 0 Å². The smallest absolute Gasteiger partial charge is 0.255 e. The lowest BCUT2D eigenvalue weighted by Crippen LogP contribution is -2.14. The number of ether oxygens (including phenoxy) is 1. The molecular formula is C14H13NO3. The van der Waals surface area contributed by atoms with Crippen LogP contribution < -0.4 is 10.3 Å². The summed E-state index contributed by atoms with van der Waals surface area (Å²) in [7, 11) is 1.60. The summed E-state index contributed by atoms with van der Waals surface area (Å²) in [5.41, 5.74) is 2.22. The van der Waals surface area contributed by atoms with Crippen LogP contribution in [0.4, 0.5) is 0 Å². The summed E-state index contributed by atoms with van der Waals surface area (Å²) in [5, 5.41) is 11.2. The predicted octanol–water partition coefficient (Wildman–Crippen LogP) is 1.70. The number of benzene rings is 1. The van der Waals surface area contributed by atoms with Gasteiger partial charge in [-0.25, -0.2) is 0 Å². The Bertz CT molecular complexity index is 789. The van der Waals surface area contributed by atoms with E-state index in [0.717, 1.165) is 21.9 Å². The predicted molar refractivity (Wildman–Crippen MR) is 69.6 cm³/mol. The molecule has 92 valence electrons. The van der Waals surface area contributed by atoms with Crippen LogP contribution in [0.25, 0.3) is 16.3 Å². The molecule has 0 unspecified atom stereocenters. The van der Waals surface area contributed by atoms with Crippen LogP contribution in [0.2, 0.25) is 0 Å². The van der Waals surface area contributed by atoms with Crippen molar-refractivity contribution in [1.29, 1.82) is 0 Å². The van der Waals surface area contributed by atoms with E-state index >= 15 is 0 Å². The number of hydrogen-bond donors (Lipinski definition) is 1. The molecule has 4 heteroatoms. The third-order valence-electron chi connectivity index (χ3n) is 3.37. The van der Waals surface area contributed by atoms with Crippen molar-refractivity contribution in [2.24, 2.45) is 0 Å². The maximum atomic E-state index is 12.1. The molecule has 0 bridgehead atoms. The number of pyridine rings is 1. The average molecular weight is 243 g/mol. The highest BCUT2D eigenvalue weighted by Crippen LogP contribution is 2.32. The van der Waals surface area contributed by atoms with Gasteiger partial charge in [-0.15, -0.1) is 0 Å². The number of hydrogen-bond acceptors (Lipinski definition) is 3. The quantitative estimate of drug-likeness (QED) is 0.745. The van der Waals surface area contributed by atoms with Crippen molar-refractivity contribution >= 4 is 16.3 Å². The average Bonchev–Trinajstić information content (AvgIpc) is 2.75. The summed E-state index contributed by atoms with van der Waals surface area (Å²) in [6.45, 7) is 1.74. The molecule has 2 aromatic heterocycles. The summed E-state index contributed by atoms with van der Waals surface area (Å²) >= 11 is 0. The van der Waals surface area contributed by atoms with E-state index in [2.05, 4.69) is 0 Å². The van der Waals surface area contributed by atoms with Crippen LogP contribution in [0.3, 0.4) is 0 Å². The van der Waals surface area contributed by atoms with Crippen molar-refractivity contribution in [3.05, 3.63) is 45.9 Å². The van der Waals surface area contributed by atoms with Gasteiger partial charge in [-0.3, -0.25) is 9.20 Å². The lowest BCUT2D eigenvalue weighted by molar-refractivity contribution is 0.275. The zero-order valence-electron chi connectivity index (χ0n) is 10.2. The van der Waals surface area contributed by atoms with Gasteiger partial charge < -0.3 is 9.84 Å². The summed E-state index contributed by atoms with van der Waals surface area (Å²) in [4.78, 5) is 12.1. The Labute approximate surface area is 103 Å². The molecule has 0 saturated heterocycles. The largest absolute Gasteiger partial charge is 0.496 e. The van der Waals surface area contributed by atoms with Crippen molar-refractivity contribution in [2.45, 2.75) is 13.5 Å². The van der Waals surface area contributed by atoms with E-state index in [0.29, 0.717) is 11.4 Å². The van der Waals surface area contributed by atoms with E-state index in [9.17, 15) is 9.90 Å². The molecule has 0 amide bonds. The molecule has 0 saturated carbocycles. The van der Waals surface area contributed by atoms with Gasteiger partial charge in [-0.1, -0.05) is 0 Å². The number of aliphatic hydroxyl groups is 1. The summed E-state index contributed by atoms with van der Waals surface area (Å²) < 4.78 is 6.86. The van der Waals surface area contributed by atoms with Crippen LogP contribution in [0.1, 0.15) is 11.3 Å². The topological polar surface area (TPSA) is 50.9 Å². The minimum absolute atomic E-state index is 0.118. The number of aryl methyl sites for hydroxylation is 1. The second-order valence-electron chi connectivity index (χ2n) is 4.37. The molecule has 0 aliphatic rings. The second kappa shape index (κ2) is 3.71. The number of methoxy groups -OCH3 is 1. The minimum atomic E-state index is -0.171. The standard InChI is InChI=1S/C14H13NO3/c1-8-5-13(17)15-9(7-16)6-11-12(18-2)4-3-10(8)14(11)15/h3-6,16H,7H2,1-2H3. The Morgan fingerprint density at radius 2 is 2.06 bits per heavy atom. The Morgan fingerprint density at radius 3 is 2.72 bits per heavy atom. The zero-order chi connectivity index (χ0) is 12.9. The molecule has 0 radical (unpaired) electrons. The van der Waals surface area contributed by atoms with Gasteiger partial charge in [0.2, 0.25) is 0 Å². The Hall–Kier alpha value is -2.07. The van der Waals surface area contributed by atoms with E-state index < -0.39 is 0 Å². The molecule has 3 rings (SSSR count). The van der Waals surface area contributed by atoms with Gasteiger partial charge in [0.15, 0.2) is 0 Å². The van der Waals surface area contributed by atoms with E-state index in [4.69, 9.17) is 4.74 Å². The minimum Gasteiger partial charge on any atom is -0.496 e. The van der Waals surface area contributed by atoms with Gasteiger partial charge in [0.1, 0.15) is 5.75 Å². The Balaban J connectivity index is 2.65. The van der Waals surface area contributed by atoms with Gasteiger partial charge in [0, 0.05) is 16.8 Å².